The number of hydrogen-bond donors (Lipinski definition) is 1. The van der Waals surface area contributed by atoms with E-state index in [4.69, 9.17) is 27.9 Å². The smallest absolute Gasteiger partial charge is 0.322 e. The fraction of sp³-hybridized carbons (Fsp3) is 0.357. The molecule has 0 radical (unpaired) electrons. The molecule has 1 aliphatic rings. The highest BCUT2D eigenvalue weighted by molar-refractivity contribution is 7.10. The molecule has 6 nitrogen and oxygen atoms in total. The SMILES string of the molecule is CC(C)CCN(CC(=O)N1CCc2sccc2C1COc1ccc(Cl)cc1)C(=O)Nc1cccc(Cl)c1. The van der Waals surface area contributed by atoms with Crippen molar-refractivity contribution < 1.29 is 14.3 Å². The number of nitrogens with zero attached hydrogens (tertiary/aromatic N) is 2. The number of benzene rings is 2. The third kappa shape index (κ3) is 7.40. The number of carbonyl (C=O) groups excluding carboxylic acids is 2. The van der Waals surface area contributed by atoms with Crippen LogP contribution >= 0.6 is 34.5 Å². The predicted octanol–water partition coefficient (Wildman–Crippen LogP) is 7.14. The lowest BCUT2D eigenvalue weighted by Crippen LogP contribution is -2.49. The van der Waals surface area contributed by atoms with E-state index < -0.39 is 0 Å². The summed E-state index contributed by atoms with van der Waals surface area (Å²) in [5.41, 5.74) is 1.70. The van der Waals surface area contributed by atoms with E-state index in [2.05, 4.69) is 30.6 Å². The first-order valence-corrected chi connectivity index (χ1v) is 14.0. The summed E-state index contributed by atoms with van der Waals surface area (Å²) < 4.78 is 6.08. The topological polar surface area (TPSA) is 61.9 Å². The van der Waals surface area contributed by atoms with Gasteiger partial charge in [0, 0.05) is 33.7 Å². The van der Waals surface area contributed by atoms with Crippen LogP contribution in [0.5, 0.6) is 5.75 Å². The number of carbonyl (C=O) groups is 2. The first-order chi connectivity index (χ1) is 17.8. The molecule has 0 spiro atoms. The van der Waals surface area contributed by atoms with Crippen LogP contribution in [0.1, 0.15) is 36.8 Å². The molecule has 3 amide bonds. The number of fused-ring (bicyclic) bond motifs is 1. The van der Waals surface area contributed by atoms with Crippen molar-refractivity contribution in [2.75, 3.05) is 31.6 Å². The highest BCUT2D eigenvalue weighted by Crippen LogP contribution is 2.34. The molecule has 196 valence electrons. The molecule has 37 heavy (non-hydrogen) atoms. The molecule has 0 aliphatic carbocycles. The molecule has 0 saturated carbocycles. The quantitative estimate of drug-likeness (QED) is 0.303. The number of hydrogen-bond acceptors (Lipinski definition) is 4. The monoisotopic (exact) mass is 559 g/mol. The van der Waals surface area contributed by atoms with Crippen molar-refractivity contribution in [3.8, 4) is 5.75 Å². The van der Waals surface area contributed by atoms with Crippen LogP contribution in [0, 0.1) is 5.92 Å². The van der Waals surface area contributed by atoms with E-state index in [0.29, 0.717) is 47.1 Å². The van der Waals surface area contributed by atoms with Gasteiger partial charge in [0.25, 0.3) is 0 Å². The average molecular weight is 561 g/mol. The predicted molar refractivity (Wildman–Crippen MR) is 151 cm³/mol. The molecule has 0 fully saturated rings. The van der Waals surface area contributed by atoms with Crippen molar-refractivity contribution in [2.45, 2.75) is 32.7 Å². The molecule has 3 aromatic rings. The van der Waals surface area contributed by atoms with Crippen molar-refractivity contribution in [3.05, 3.63) is 80.5 Å². The third-order valence-corrected chi connectivity index (χ3v) is 7.79. The Hall–Kier alpha value is -2.74. The minimum atomic E-state index is -0.321. The molecule has 1 N–H and O–H groups in total. The van der Waals surface area contributed by atoms with E-state index in [9.17, 15) is 9.59 Å². The molecule has 1 aliphatic heterocycles. The zero-order chi connectivity index (χ0) is 26.4. The van der Waals surface area contributed by atoms with E-state index in [1.807, 2.05) is 17.0 Å². The summed E-state index contributed by atoms with van der Waals surface area (Å²) in [6.45, 7) is 5.55. The summed E-state index contributed by atoms with van der Waals surface area (Å²) in [5, 5.41) is 6.12. The summed E-state index contributed by atoms with van der Waals surface area (Å²) in [6, 6.07) is 15.7. The molecule has 0 saturated heterocycles. The van der Waals surface area contributed by atoms with Gasteiger partial charge in [-0.05, 0) is 78.2 Å². The Bertz CT molecular complexity index is 1220. The average Bonchev–Trinajstić information content (AvgIpc) is 3.35. The van der Waals surface area contributed by atoms with Gasteiger partial charge in [-0.2, -0.15) is 0 Å². The molecular weight excluding hydrogens is 529 g/mol. The Morgan fingerprint density at radius 1 is 1.14 bits per heavy atom. The van der Waals surface area contributed by atoms with E-state index in [1.54, 1.807) is 52.6 Å². The third-order valence-electron chi connectivity index (χ3n) is 6.30. The summed E-state index contributed by atoms with van der Waals surface area (Å²) in [7, 11) is 0. The number of urea groups is 1. The van der Waals surface area contributed by atoms with Crippen LogP contribution < -0.4 is 10.1 Å². The van der Waals surface area contributed by atoms with Crippen LogP contribution in [0.3, 0.4) is 0 Å². The standard InChI is InChI=1S/C28H31Cl2N3O3S/c1-19(2)10-13-32(28(35)31-22-5-3-4-21(30)16-22)17-27(34)33-14-11-26-24(12-15-37-26)25(33)18-36-23-8-6-20(29)7-9-23/h3-9,12,15-16,19,25H,10-11,13-14,17-18H2,1-2H3,(H,31,35). The van der Waals surface area contributed by atoms with Crippen molar-refractivity contribution in [1.29, 1.82) is 0 Å². The van der Waals surface area contributed by atoms with E-state index >= 15 is 0 Å². The molecule has 1 unspecified atom stereocenters. The van der Waals surface area contributed by atoms with Gasteiger partial charge in [0.15, 0.2) is 0 Å². The first-order valence-electron chi connectivity index (χ1n) is 12.4. The molecule has 1 atom stereocenters. The Morgan fingerprint density at radius 2 is 1.92 bits per heavy atom. The Morgan fingerprint density at radius 3 is 2.65 bits per heavy atom. The van der Waals surface area contributed by atoms with Gasteiger partial charge in [-0.3, -0.25) is 4.79 Å². The zero-order valence-corrected chi connectivity index (χ0v) is 23.3. The molecular formula is C28H31Cl2N3O3S. The van der Waals surface area contributed by atoms with Crippen LogP contribution in [0.15, 0.2) is 60.0 Å². The summed E-state index contributed by atoms with van der Waals surface area (Å²) in [5.74, 6) is 0.977. The number of amides is 3. The second-order valence-electron chi connectivity index (χ2n) is 9.46. The summed E-state index contributed by atoms with van der Waals surface area (Å²) in [6.07, 6.45) is 1.57. The van der Waals surface area contributed by atoms with E-state index in [0.717, 1.165) is 18.4 Å². The minimum Gasteiger partial charge on any atom is -0.491 e. The maximum Gasteiger partial charge on any atom is 0.322 e. The number of ether oxygens (including phenoxy) is 1. The van der Waals surface area contributed by atoms with Crippen LogP contribution in [-0.2, 0) is 11.2 Å². The van der Waals surface area contributed by atoms with E-state index in [-0.39, 0.29) is 24.5 Å². The molecule has 2 aromatic carbocycles. The van der Waals surface area contributed by atoms with Crippen molar-refractivity contribution in [3.63, 3.8) is 0 Å². The minimum absolute atomic E-state index is 0.0178. The zero-order valence-electron chi connectivity index (χ0n) is 21.0. The van der Waals surface area contributed by atoms with Gasteiger partial charge in [-0.25, -0.2) is 4.79 Å². The van der Waals surface area contributed by atoms with Gasteiger partial charge in [0.2, 0.25) is 5.91 Å². The fourth-order valence-corrected chi connectivity index (χ4v) is 5.51. The Labute approximate surface area is 232 Å². The largest absolute Gasteiger partial charge is 0.491 e. The van der Waals surface area contributed by atoms with Crippen LogP contribution in [0.2, 0.25) is 10.0 Å². The Kier molecular flexibility index (Phi) is 9.35. The van der Waals surface area contributed by atoms with Crippen LogP contribution in [-0.4, -0.2) is 48.0 Å². The van der Waals surface area contributed by atoms with Gasteiger partial charge in [0.05, 0.1) is 6.04 Å². The van der Waals surface area contributed by atoms with Gasteiger partial charge < -0.3 is 19.9 Å². The van der Waals surface area contributed by atoms with Crippen molar-refractivity contribution in [2.24, 2.45) is 5.92 Å². The molecule has 2 heterocycles. The first kappa shape index (κ1) is 27.3. The van der Waals surface area contributed by atoms with Crippen molar-refractivity contribution in [1.82, 2.24) is 9.80 Å². The lowest BCUT2D eigenvalue weighted by Gasteiger charge is -2.37. The molecule has 0 bridgehead atoms. The number of thiophene rings is 1. The second kappa shape index (κ2) is 12.7. The fourth-order valence-electron chi connectivity index (χ4n) is 4.27. The number of nitrogens with one attached hydrogen (secondary N) is 1. The number of anilines is 1. The van der Waals surface area contributed by atoms with E-state index in [1.165, 1.54) is 4.88 Å². The van der Waals surface area contributed by atoms with Gasteiger partial charge in [-0.15, -0.1) is 11.3 Å². The summed E-state index contributed by atoms with van der Waals surface area (Å²) >= 11 is 13.8. The van der Waals surface area contributed by atoms with Gasteiger partial charge in [0.1, 0.15) is 18.9 Å². The van der Waals surface area contributed by atoms with Gasteiger partial charge in [-0.1, -0.05) is 43.1 Å². The highest BCUT2D eigenvalue weighted by Gasteiger charge is 2.33. The molecule has 9 heteroatoms. The molecule has 4 rings (SSSR count). The maximum atomic E-state index is 13.7. The van der Waals surface area contributed by atoms with Crippen molar-refractivity contribution >= 4 is 52.2 Å². The van der Waals surface area contributed by atoms with Gasteiger partial charge >= 0.3 is 6.03 Å². The Balaban J connectivity index is 1.49. The number of rotatable bonds is 9. The second-order valence-corrected chi connectivity index (χ2v) is 11.3. The van der Waals surface area contributed by atoms with Crippen LogP contribution in [0.4, 0.5) is 10.5 Å². The number of halogens is 2. The molecule has 1 aromatic heterocycles. The normalized spacial score (nSPS) is 14.8. The summed E-state index contributed by atoms with van der Waals surface area (Å²) in [4.78, 5) is 31.6. The lowest BCUT2D eigenvalue weighted by molar-refractivity contribution is -0.135. The lowest BCUT2D eigenvalue weighted by atomic mass is 10.0. The maximum absolute atomic E-state index is 13.7. The van der Waals surface area contributed by atoms with Crippen LogP contribution in [0.25, 0.3) is 0 Å². The highest BCUT2D eigenvalue weighted by atomic mass is 35.5.